The number of nitrogens with zero attached hydrogens (tertiary/aromatic N) is 2. The van der Waals surface area contributed by atoms with Gasteiger partial charge in [0.1, 0.15) is 11.4 Å². The van der Waals surface area contributed by atoms with E-state index in [0.29, 0.717) is 34.2 Å². The number of halogens is 1. The minimum Gasteiger partial charge on any atom is -0.494 e. The normalized spacial score (nSPS) is 13.6. The number of carbonyl (C=O) groups is 2. The fourth-order valence-electron chi connectivity index (χ4n) is 3.53. The van der Waals surface area contributed by atoms with Gasteiger partial charge in [0, 0.05) is 23.1 Å². The number of ether oxygens (including phenoxy) is 1. The molecule has 2 amide bonds. The second-order valence-corrected chi connectivity index (χ2v) is 8.18. The second-order valence-electron chi connectivity index (χ2n) is 7.77. The van der Waals surface area contributed by atoms with E-state index in [-0.39, 0.29) is 18.1 Å². The predicted molar refractivity (Wildman–Crippen MR) is 129 cm³/mol. The zero-order valence-electron chi connectivity index (χ0n) is 18.5. The first-order chi connectivity index (χ1) is 16.0. The number of nitrogens with one attached hydrogen (secondary N) is 1. The number of hydrogen-bond donors (Lipinski definition) is 1. The zero-order valence-corrected chi connectivity index (χ0v) is 19.2. The Balaban J connectivity index is 1.71. The van der Waals surface area contributed by atoms with Crippen LogP contribution in [0.15, 0.2) is 72.7 Å². The molecule has 2 heterocycles. The Hall–Kier alpha value is -3.64. The maximum Gasteiger partial charge on any atom is 0.278 e. The number of carbonyl (C=O) groups excluding carboxylic acids is 2. The molecule has 0 aliphatic carbocycles. The van der Waals surface area contributed by atoms with Crippen molar-refractivity contribution in [1.29, 1.82) is 0 Å². The van der Waals surface area contributed by atoms with Crippen LogP contribution in [0.2, 0.25) is 5.02 Å². The highest BCUT2D eigenvalue weighted by atomic mass is 35.5. The van der Waals surface area contributed by atoms with Crippen LogP contribution in [0.1, 0.15) is 30.0 Å². The number of aromatic nitrogens is 1. The number of anilines is 1. The third kappa shape index (κ3) is 4.91. The number of aryl methyl sites for hydroxylation is 1. The summed E-state index contributed by atoms with van der Waals surface area (Å²) in [6.07, 6.45) is 4.19. The Morgan fingerprint density at radius 2 is 1.85 bits per heavy atom. The third-order valence-electron chi connectivity index (χ3n) is 5.29. The maximum atomic E-state index is 13.4. The Morgan fingerprint density at radius 3 is 2.52 bits per heavy atom. The lowest BCUT2D eigenvalue weighted by Gasteiger charge is -2.15. The number of amides is 2. The first-order valence-electron chi connectivity index (χ1n) is 10.7. The van der Waals surface area contributed by atoms with Gasteiger partial charge in [-0.3, -0.25) is 19.5 Å². The summed E-state index contributed by atoms with van der Waals surface area (Å²) in [5.74, 6) is -0.0568. The van der Waals surface area contributed by atoms with Crippen molar-refractivity contribution in [3.05, 3.63) is 94.4 Å². The van der Waals surface area contributed by atoms with Gasteiger partial charge in [0.25, 0.3) is 11.8 Å². The van der Waals surface area contributed by atoms with Crippen molar-refractivity contribution in [2.45, 2.75) is 26.8 Å². The third-order valence-corrected chi connectivity index (χ3v) is 5.70. The van der Waals surface area contributed by atoms with E-state index in [9.17, 15) is 9.59 Å². The monoisotopic (exact) mass is 461 g/mol. The Labute approximate surface area is 197 Å². The standard InChI is InChI=1S/C26H24ClN3O3/c1-3-13-33-21-10-7-19(8-11-21)23-24(29-20-9-6-17(2)22(27)14-20)26(32)30(25(23)31)16-18-5-4-12-28-15-18/h4-12,14-15,29H,3,13,16H2,1-2H3. The summed E-state index contributed by atoms with van der Waals surface area (Å²) in [6.45, 7) is 4.68. The Kier molecular flexibility index (Phi) is 6.75. The summed E-state index contributed by atoms with van der Waals surface area (Å²) in [7, 11) is 0. The van der Waals surface area contributed by atoms with Gasteiger partial charge in [-0.1, -0.05) is 42.8 Å². The van der Waals surface area contributed by atoms with Gasteiger partial charge in [0.2, 0.25) is 0 Å². The molecule has 0 bridgehead atoms. The molecule has 1 aliphatic heterocycles. The minimum absolute atomic E-state index is 0.131. The molecule has 0 fully saturated rings. The summed E-state index contributed by atoms with van der Waals surface area (Å²) >= 11 is 6.27. The van der Waals surface area contributed by atoms with E-state index in [1.807, 2.05) is 32.0 Å². The molecule has 0 spiro atoms. The highest BCUT2D eigenvalue weighted by Gasteiger charge is 2.39. The molecule has 0 radical (unpaired) electrons. The average molecular weight is 462 g/mol. The van der Waals surface area contributed by atoms with E-state index in [0.717, 1.165) is 17.5 Å². The molecular formula is C26H24ClN3O3. The summed E-state index contributed by atoms with van der Waals surface area (Å²) in [6, 6.07) is 16.2. The molecule has 0 unspecified atom stereocenters. The molecule has 0 saturated heterocycles. The molecule has 4 rings (SSSR count). The number of imide groups is 1. The van der Waals surface area contributed by atoms with Crippen LogP contribution in [-0.4, -0.2) is 28.3 Å². The van der Waals surface area contributed by atoms with Gasteiger partial charge in [-0.2, -0.15) is 0 Å². The first kappa shape index (κ1) is 22.6. The molecule has 1 N–H and O–H groups in total. The highest BCUT2D eigenvalue weighted by molar-refractivity contribution is 6.36. The van der Waals surface area contributed by atoms with Crippen LogP contribution in [0.4, 0.5) is 5.69 Å². The molecule has 1 aliphatic rings. The largest absolute Gasteiger partial charge is 0.494 e. The highest BCUT2D eigenvalue weighted by Crippen LogP contribution is 2.33. The van der Waals surface area contributed by atoms with E-state index in [2.05, 4.69) is 10.3 Å². The maximum absolute atomic E-state index is 13.4. The van der Waals surface area contributed by atoms with Crippen LogP contribution < -0.4 is 10.1 Å². The predicted octanol–water partition coefficient (Wildman–Crippen LogP) is 5.22. The quantitative estimate of drug-likeness (QED) is 0.465. The molecule has 168 valence electrons. The van der Waals surface area contributed by atoms with Crippen LogP contribution in [-0.2, 0) is 16.1 Å². The van der Waals surface area contributed by atoms with E-state index in [1.54, 1.807) is 48.8 Å². The molecule has 7 heteroatoms. The van der Waals surface area contributed by atoms with Gasteiger partial charge in [-0.15, -0.1) is 0 Å². The molecule has 1 aromatic heterocycles. The fraction of sp³-hybridized carbons (Fsp3) is 0.192. The van der Waals surface area contributed by atoms with Gasteiger partial charge in [0.15, 0.2) is 0 Å². The molecule has 6 nitrogen and oxygen atoms in total. The van der Waals surface area contributed by atoms with Gasteiger partial charge >= 0.3 is 0 Å². The fourth-order valence-corrected chi connectivity index (χ4v) is 3.71. The lowest BCUT2D eigenvalue weighted by atomic mass is 10.0. The lowest BCUT2D eigenvalue weighted by Crippen LogP contribution is -2.32. The minimum atomic E-state index is -0.401. The number of pyridine rings is 1. The van der Waals surface area contributed by atoms with E-state index >= 15 is 0 Å². The van der Waals surface area contributed by atoms with Crippen molar-refractivity contribution < 1.29 is 14.3 Å². The van der Waals surface area contributed by atoms with Gasteiger partial charge in [0.05, 0.1) is 18.7 Å². The zero-order chi connectivity index (χ0) is 23.4. The van der Waals surface area contributed by atoms with Gasteiger partial charge in [-0.25, -0.2) is 0 Å². The molecule has 0 saturated carbocycles. The molecular weight excluding hydrogens is 438 g/mol. The van der Waals surface area contributed by atoms with Crippen molar-refractivity contribution in [1.82, 2.24) is 9.88 Å². The van der Waals surface area contributed by atoms with E-state index in [1.165, 1.54) is 4.90 Å². The van der Waals surface area contributed by atoms with Crippen LogP contribution in [0, 0.1) is 6.92 Å². The van der Waals surface area contributed by atoms with Crippen molar-refractivity contribution >= 4 is 34.7 Å². The topological polar surface area (TPSA) is 71.5 Å². The number of benzene rings is 2. The SMILES string of the molecule is CCCOc1ccc(C2=C(Nc3ccc(C)c(Cl)c3)C(=O)N(Cc3cccnc3)C2=O)cc1. The lowest BCUT2D eigenvalue weighted by molar-refractivity contribution is -0.137. The Bertz CT molecular complexity index is 1210. The van der Waals surface area contributed by atoms with E-state index < -0.39 is 5.91 Å². The molecule has 2 aromatic carbocycles. The van der Waals surface area contributed by atoms with Gasteiger partial charge in [-0.05, 0) is 60.4 Å². The summed E-state index contributed by atoms with van der Waals surface area (Å²) in [5, 5.41) is 3.71. The average Bonchev–Trinajstić information content (AvgIpc) is 3.05. The number of hydrogen-bond acceptors (Lipinski definition) is 5. The van der Waals surface area contributed by atoms with Crippen LogP contribution in [0.25, 0.3) is 5.57 Å². The molecule has 3 aromatic rings. The van der Waals surface area contributed by atoms with Crippen molar-refractivity contribution in [3.8, 4) is 5.75 Å². The summed E-state index contributed by atoms with van der Waals surface area (Å²) in [4.78, 5) is 32.1. The van der Waals surface area contributed by atoms with Crippen LogP contribution >= 0.6 is 11.6 Å². The summed E-state index contributed by atoms with van der Waals surface area (Å²) in [5.41, 5.74) is 3.47. The molecule has 0 atom stereocenters. The number of rotatable bonds is 8. The van der Waals surface area contributed by atoms with Crippen LogP contribution in [0.3, 0.4) is 0 Å². The summed E-state index contributed by atoms with van der Waals surface area (Å²) < 4.78 is 5.65. The van der Waals surface area contributed by atoms with E-state index in [4.69, 9.17) is 16.3 Å². The smallest absolute Gasteiger partial charge is 0.278 e. The van der Waals surface area contributed by atoms with Crippen molar-refractivity contribution in [2.75, 3.05) is 11.9 Å². The van der Waals surface area contributed by atoms with Crippen molar-refractivity contribution in [3.63, 3.8) is 0 Å². The Morgan fingerprint density at radius 1 is 1.06 bits per heavy atom. The van der Waals surface area contributed by atoms with Crippen LogP contribution in [0.5, 0.6) is 5.75 Å². The second kappa shape index (κ2) is 9.88. The molecule has 33 heavy (non-hydrogen) atoms. The van der Waals surface area contributed by atoms with Gasteiger partial charge < -0.3 is 10.1 Å². The van der Waals surface area contributed by atoms with Crippen molar-refractivity contribution in [2.24, 2.45) is 0 Å². The first-order valence-corrected chi connectivity index (χ1v) is 11.1.